The van der Waals surface area contributed by atoms with E-state index in [9.17, 15) is 115 Å². The van der Waals surface area contributed by atoms with E-state index in [2.05, 4.69) is 11.9 Å². The summed E-state index contributed by atoms with van der Waals surface area (Å²) in [5.41, 5.74) is -29.3. The Morgan fingerprint density at radius 3 is 1.04 bits per heavy atom. The number of hydrogen-bond donors (Lipinski definition) is 0. The molecule has 6 aromatic rings. The number of benzene rings is 5. The van der Waals surface area contributed by atoms with Gasteiger partial charge in [-0.25, -0.2) is 4.79 Å². The number of carbonyl (C=O) groups is 2. The summed E-state index contributed by atoms with van der Waals surface area (Å²) in [6, 6.07) is 0.220. The molecule has 450 valence electrons. The number of esters is 1. The van der Waals surface area contributed by atoms with E-state index in [1.807, 2.05) is 18.2 Å². The molecule has 0 spiro atoms. The number of ketones is 1. The third kappa shape index (κ3) is 16.9. The minimum Gasteiger partial charge on any atom is -0.458 e. The normalized spacial score (nSPS) is 13.1. The van der Waals surface area contributed by atoms with Gasteiger partial charge in [0.1, 0.15) is 12.3 Å². The second-order valence-corrected chi connectivity index (χ2v) is 18.5. The molecule has 0 N–H and O–H groups in total. The van der Waals surface area contributed by atoms with Gasteiger partial charge in [0, 0.05) is 5.56 Å². The van der Waals surface area contributed by atoms with Gasteiger partial charge >= 0.3 is 61.1 Å². The number of aromatic nitrogens is 2. The van der Waals surface area contributed by atoms with Crippen molar-refractivity contribution in [1.82, 2.24) is 4.98 Å². The maximum atomic E-state index is 14.2. The molecule has 83 heavy (non-hydrogen) atoms. The molecule has 1 heterocycles. The van der Waals surface area contributed by atoms with Crippen molar-refractivity contribution in [2.75, 3.05) is 6.61 Å². The van der Waals surface area contributed by atoms with Crippen LogP contribution in [0.15, 0.2) is 122 Å². The Morgan fingerprint density at radius 1 is 0.434 bits per heavy atom. The molecule has 0 atom stereocenters. The van der Waals surface area contributed by atoms with Crippen LogP contribution in [0.1, 0.15) is 111 Å². The van der Waals surface area contributed by atoms with Crippen LogP contribution in [-0.2, 0) is 60.7 Å². The van der Waals surface area contributed by atoms with Crippen molar-refractivity contribution in [3.63, 3.8) is 0 Å². The van der Waals surface area contributed by atoms with Crippen molar-refractivity contribution in [2.24, 2.45) is 0 Å². The van der Waals surface area contributed by atoms with Crippen molar-refractivity contribution < 1.29 is 124 Å². The predicted octanol–water partition coefficient (Wildman–Crippen LogP) is 15.0. The molecular weight excluding hydrogens is 1180 g/mol. The summed E-state index contributed by atoms with van der Waals surface area (Å²) in [7, 11) is 0. The highest BCUT2D eigenvalue weighted by Gasteiger charge is 2.47. The molecule has 5 nitrogen and oxygen atoms in total. The van der Waals surface area contributed by atoms with Crippen LogP contribution in [0.4, 0.5) is 105 Å². The number of ether oxygens (including phenoxy) is 1. The van der Waals surface area contributed by atoms with Gasteiger partial charge in [0.25, 0.3) is 0 Å². The van der Waals surface area contributed by atoms with Crippen LogP contribution in [0.5, 0.6) is 0 Å². The van der Waals surface area contributed by atoms with Gasteiger partial charge in [-0.05, 0) is 30.7 Å². The van der Waals surface area contributed by atoms with Crippen molar-refractivity contribution >= 4 is 39.7 Å². The molecule has 0 aliphatic heterocycles. The number of halogens is 24. The molecule has 0 amide bonds. The van der Waals surface area contributed by atoms with Crippen LogP contribution in [0.25, 0.3) is 0 Å². The minimum atomic E-state index is -6.13. The zero-order valence-electron chi connectivity index (χ0n) is 42.0. The van der Waals surface area contributed by atoms with Gasteiger partial charge in [-0.2, -0.15) is 132 Å². The first-order valence-electron chi connectivity index (χ1n) is 23.9. The Bertz CT molecular complexity index is 2790. The topological polar surface area (TPSA) is 60.1 Å². The highest BCUT2D eigenvalue weighted by molar-refractivity contribution is 7.20. The van der Waals surface area contributed by atoms with E-state index in [1.165, 1.54) is 31.9 Å². The number of alkyl halides is 24. The molecular formula is C53H39BF24N2O3. The average Bonchev–Trinajstić information content (AvgIpc) is 1.20. The van der Waals surface area contributed by atoms with Crippen LogP contribution >= 0.6 is 0 Å². The molecule has 0 aliphatic carbocycles. The first-order valence-corrected chi connectivity index (χ1v) is 23.9. The number of nitrogens with zero attached hydrogens (tertiary/aromatic N) is 2. The van der Waals surface area contributed by atoms with Gasteiger partial charge in [0.15, 0.2) is 6.20 Å². The van der Waals surface area contributed by atoms with E-state index in [-0.39, 0.29) is 12.3 Å². The van der Waals surface area contributed by atoms with Crippen molar-refractivity contribution in [2.45, 2.75) is 101 Å². The minimum absolute atomic E-state index is 0.0632. The molecule has 0 aliphatic rings. The molecule has 0 saturated carbocycles. The monoisotopic (exact) mass is 1220 g/mol. The number of unbranched alkanes of at least 4 members (excludes halogenated alkanes) is 5. The molecule has 30 heteroatoms. The fourth-order valence-electron chi connectivity index (χ4n) is 8.76. The second kappa shape index (κ2) is 24.9. The third-order valence-corrected chi connectivity index (χ3v) is 12.6. The fourth-order valence-corrected chi connectivity index (χ4v) is 8.76. The van der Waals surface area contributed by atoms with Gasteiger partial charge in [-0.3, -0.25) is 9.78 Å². The Morgan fingerprint density at radius 2 is 0.735 bits per heavy atom. The summed E-state index contributed by atoms with van der Waals surface area (Å²) >= 11 is 0. The van der Waals surface area contributed by atoms with E-state index >= 15 is 0 Å². The quantitative estimate of drug-likeness (QED) is 0.0257. The van der Waals surface area contributed by atoms with E-state index in [4.69, 9.17) is 4.74 Å². The van der Waals surface area contributed by atoms with Crippen LogP contribution in [0.2, 0.25) is 0 Å². The van der Waals surface area contributed by atoms with Crippen molar-refractivity contribution in [1.29, 1.82) is 0 Å². The predicted molar refractivity (Wildman–Crippen MR) is 249 cm³/mol. The first kappa shape index (κ1) is 66.5. The standard InChI is InChI=1S/C32H12BF24.C21H27N2O3/c34-25(35,36)13-1-14(26(37,38)39)6-21(5-13)33(22-7-15(27(40,41)42)2-16(8-22)28(43,44)45,23-9-17(29(46,47)48)3-18(10-23)30(49,50)51)24-11-19(31(52,53)54)4-20(12-24)32(55,56)57;1-2-3-4-5-6-10-15-26-21(25)19-16-22-13-14-23(19)17-20(24)18-11-8-7-9-12-18/h1-12H;7-9,11-14,16H,2-6,10,15,17H2,1H3/q-1;+1. The molecule has 0 unspecified atom stereocenters. The second-order valence-electron chi connectivity index (χ2n) is 18.5. The van der Waals surface area contributed by atoms with Crippen LogP contribution in [0.3, 0.4) is 0 Å². The lowest BCUT2D eigenvalue weighted by molar-refractivity contribution is -0.686. The zero-order chi connectivity index (χ0) is 62.5. The maximum Gasteiger partial charge on any atom is 0.416 e. The lowest BCUT2D eigenvalue weighted by atomic mass is 9.12. The number of carbonyl (C=O) groups excluding carboxylic acids is 2. The lowest BCUT2D eigenvalue weighted by Gasteiger charge is -2.46. The maximum absolute atomic E-state index is 14.2. The van der Waals surface area contributed by atoms with Gasteiger partial charge < -0.3 is 4.74 Å². The van der Waals surface area contributed by atoms with Crippen molar-refractivity contribution in [3.8, 4) is 0 Å². The molecule has 1 aromatic heterocycles. The Hall–Kier alpha value is -7.30. The molecule has 0 fully saturated rings. The number of hydrogen-bond acceptors (Lipinski definition) is 4. The lowest BCUT2D eigenvalue weighted by Crippen LogP contribution is -2.75. The Kier molecular flexibility index (Phi) is 19.9. The molecule has 6 rings (SSSR count). The highest BCUT2D eigenvalue weighted by Crippen LogP contribution is 2.41. The molecule has 5 aromatic carbocycles. The molecule has 0 radical (unpaired) electrons. The van der Waals surface area contributed by atoms with E-state index < -0.39 is 201 Å². The average molecular weight is 1220 g/mol. The van der Waals surface area contributed by atoms with Crippen molar-refractivity contribution in [3.05, 3.63) is 177 Å². The van der Waals surface area contributed by atoms with Gasteiger partial charge in [0.2, 0.25) is 12.3 Å². The molecule has 0 saturated heterocycles. The number of Topliss-reactive ketones (excluding diaryl/α,β-unsaturated/α-hetero) is 1. The highest BCUT2D eigenvalue weighted by atomic mass is 19.4. The summed E-state index contributed by atoms with van der Waals surface area (Å²) < 4.78 is 348. The van der Waals surface area contributed by atoms with Gasteiger partial charge in [-0.1, -0.05) is 118 Å². The summed E-state index contributed by atoms with van der Waals surface area (Å²) in [5.74, 6) is -0.501. The first-order chi connectivity index (χ1) is 38.0. The van der Waals surface area contributed by atoms with E-state index in [0.29, 0.717) is 17.9 Å². The largest absolute Gasteiger partial charge is 0.458 e. The Balaban J connectivity index is 0.000000403. The summed E-state index contributed by atoms with van der Waals surface area (Å²) in [6.45, 7) is 2.66. The summed E-state index contributed by atoms with van der Waals surface area (Å²) in [5, 5.41) is 0. The summed E-state index contributed by atoms with van der Waals surface area (Å²) in [6.07, 6.45) is -43.4. The van der Waals surface area contributed by atoms with Gasteiger partial charge in [-0.15, -0.1) is 0 Å². The van der Waals surface area contributed by atoms with Crippen LogP contribution < -0.4 is 26.4 Å². The smallest absolute Gasteiger partial charge is 0.416 e. The van der Waals surface area contributed by atoms with E-state index in [0.717, 1.165) is 12.8 Å². The molecule has 0 bridgehead atoms. The number of rotatable bonds is 15. The Labute approximate surface area is 453 Å². The van der Waals surface area contributed by atoms with Crippen LogP contribution in [0, 0.1) is 0 Å². The fraction of sp³-hybridized carbons (Fsp3) is 0.321. The SMILES string of the molecule is CCCCCCCCOC(=O)c1cncc[n+]1CC(=O)c1ccccc1.FC(F)(F)c1cc([B-](c2cc(C(F)(F)F)cc(C(F)(F)F)c2)(c2cc(C(F)(F)F)cc(C(F)(F)F)c2)c2cc(C(F)(F)F)cc(C(F)(F)F)c2)cc(C(F)(F)F)c1. The third-order valence-electron chi connectivity index (χ3n) is 12.6. The zero-order valence-corrected chi connectivity index (χ0v) is 42.0. The van der Waals surface area contributed by atoms with Gasteiger partial charge in [0.05, 0.1) is 57.3 Å². The summed E-state index contributed by atoms with van der Waals surface area (Å²) in [4.78, 5) is 28.7. The van der Waals surface area contributed by atoms with Crippen LogP contribution in [-0.4, -0.2) is 29.5 Å². The van der Waals surface area contributed by atoms with E-state index in [1.54, 1.807) is 29.1 Å².